The van der Waals surface area contributed by atoms with Gasteiger partial charge < -0.3 is 10.1 Å². The van der Waals surface area contributed by atoms with Crippen LogP contribution in [0.1, 0.15) is 5.56 Å². The summed E-state index contributed by atoms with van der Waals surface area (Å²) < 4.78 is 6.90. The van der Waals surface area contributed by atoms with Crippen molar-refractivity contribution >= 4 is 39.2 Å². The van der Waals surface area contributed by atoms with E-state index in [0.717, 1.165) is 22.4 Å². The summed E-state index contributed by atoms with van der Waals surface area (Å²) in [4.78, 5) is 31.2. The number of carbonyl (C=O) groups excluding carboxylic acids is 1. The average molecular weight is 478 g/mol. The number of carbonyl (C=O) groups is 1. The number of hydrogen-bond donors (Lipinski definition) is 1. The van der Waals surface area contributed by atoms with E-state index < -0.39 is 0 Å². The first-order valence-electron chi connectivity index (χ1n) is 10.3. The van der Waals surface area contributed by atoms with Gasteiger partial charge in [0.15, 0.2) is 5.16 Å². The van der Waals surface area contributed by atoms with Crippen LogP contribution in [-0.4, -0.2) is 28.3 Å². The Labute approximate surface area is 199 Å². The lowest BCUT2D eigenvalue weighted by Gasteiger charge is -2.12. The summed E-state index contributed by atoms with van der Waals surface area (Å²) in [5.41, 5.74) is 2.62. The maximum absolute atomic E-state index is 13.4. The van der Waals surface area contributed by atoms with Gasteiger partial charge in [0.2, 0.25) is 5.91 Å². The second-order valence-electron chi connectivity index (χ2n) is 7.17. The number of amides is 1. The first kappa shape index (κ1) is 22.8. The highest BCUT2D eigenvalue weighted by Gasteiger charge is 2.17. The topological polar surface area (TPSA) is 73.2 Å². The van der Waals surface area contributed by atoms with Crippen LogP contribution in [-0.2, 0) is 17.9 Å². The van der Waals surface area contributed by atoms with Crippen molar-refractivity contribution in [2.24, 2.45) is 0 Å². The van der Waals surface area contributed by atoms with Crippen molar-refractivity contribution in [1.82, 2.24) is 14.9 Å². The molecule has 0 unspecified atom stereocenters. The molecule has 2 aromatic heterocycles. The SMILES string of the molecule is C=CCn1c(SCC(=O)NCc2ccccc2OC)nc2scc(-c3ccccc3)c2c1=O. The number of allylic oxidation sites excluding steroid dienone is 1. The number of ether oxygens (including phenoxy) is 1. The highest BCUT2D eigenvalue weighted by molar-refractivity contribution is 7.99. The molecule has 6 nitrogen and oxygen atoms in total. The number of hydrogen-bond acceptors (Lipinski definition) is 6. The minimum Gasteiger partial charge on any atom is -0.496 e. The van der Waals surface area contributed by atoms with Crippen molar-refractivity contribution in [3.8, 4) is 16.9 Å². The van der Waals surface area contributed by atoms with Gasteiger partial charge in [0.1, 0.15) is 10.6 Å². The van der Waals surface area contributed by atoms with E-state index in [1.165, 1.54) is 23.1 Å². The molecule has 0 radical (unpaired) electrons. The highest BCUT2D eigenvalue weighted by atomic mass is 32.2. The maximum atomic E-state index is 13.4. The highest BCUT2D eigenvalue weighted by Crippen LogP contribution is 2.32. The molecule has 8 heteroatoms. The van der Waals surface area contributed by atoms with E-state index in [1.807, 2.05) is 60.0 Å². The normalized spacial score (nSPS) is 10.8. The Hall–Kier alpha value is -3.36. The second kappa shape index (κ2) is 10.5. The third-order valence-electron chi connectivity index (χ3n) is 5.06. The predicted octanol–water partition coefficient (Wildman–Crippen LogP) is 4.73. The number of thioether (sulfide) groups is 1. The molecule has 0 atom stereocenters. The van der Waals surface area contributed by atoms with Gasteiger partial charge in [0.25, 0.3) is 5.56 Å². The number of aromatic nitrogens is 2. The summed E-state index contributed by atoms with van der Waals surface area (Å²) in [6, 6.07) is 17.3. The second-order valence-corrected chi connectivity index (χ2v) is 8.97. The molecule has 0 spiro atoms. The summed E-state index contributed by atoms with van der Waals surface area (Å²) in [6.45, 7) is 4.45. The van der Waals surface area contributed by atoms with E-state index in [0.29, 0.717) is 28.5 Å². The van der Waals surface area contributed by atoms with E-state index >= 15 is 0 Å². The van der Waals surface area contributed by atoms with Gasteiger partial charge in [-0.15, -0.1) is 17.9 Å². The molecule has 168 valence electrons. The van der Waals surface area contributed by atoms with Crippen LogP contribution in [0, 0.1) is 0 Å². The Balaban J connectivity index is 1.55. The molecular formula is C25H23N3O3S2. The fourth-order valence-electron chi connectivity index (χ4n) is 3.46. The predicted molar refractivity (Wildman–Crippen MR) is 135 cm³/mol. The van der Waals surface area contributed by atoms with Crippen molar-refractivity contribution in [2.75, 3.05) is 12.9 Å². The molecule has 33 heavy (non-hydrogen) atoms. The Kier molecular flexibility index (Phi) is 7.26. The van der Waals surface area contributed by atoms with Crippen LogP contribution >= 0.6 is 23.1 Å². The molecular weight excluding hydrogens is 454 g/mol. The molecule has 0 saturated carbocycles. The molecule has 1 N–H and O–H groups in total. The quantitative estimate of drug-likeness (QED) is 0.214. The van der Waals surface area contributed by atoms with Crippen LogP contribution < -0.4 is 15.6 Å². The minimum absolute atomic E-state index is 0.128. The number of methoxy groups -OCH3 is 1. The summed E-state index contributed by atoms with van der Waals surface area (Å²) in [5.74, 6) is 0.715. The molecule has 0 aliphatic carbocycles. The summed E-state index contributed by atoms with van der Waals surface area (Å²) in [5, 5.41) is 5.96. The molecule has 4 rings (SSSR count). The van der Waals surface area contributed by atoms with E-state index in [9.17, 15) is 9.59 Å². The molecule has 0 fully saturated rings. The summed E-state index contributed by atoms with van der Waals surface area (Å²) in [7, 11) is 1.60. The summed E-state index contributed by atoms with van der Waals surface area (Å²) in [6.07, 6.45) is 1.66. The molecule has 1 amide bonds. The van der Waals surface area contributed by atoms with Gasteiger partial charge in [0, 0.05) is 29.6 Å². The van der Waals surface area contributed by atoms with Crippen molar-refractivity contribution in [3.05, 3.63) is 88.5 Å². The Morgan fingerprint density at radius 1 is 1.21 bits per heavy atom. The minimum atomic E-state index is -0.151. The van der Waals surface area contributed by atoms with Gasteiger partial charge >= 0.3 is 0 Å². The molecule has 0 bridgehead atoms. The lowest BCUT2D eigenvalue weighted by Crippen LogP contribution is -2.26. The van der Waals surface area contributed by atoms with Gasteiger partial charge in [0.05, 0.1) is 18.2 Å². The lowest BCUT2D eigenvalue weighted by atomic mass is 10.1. The van der Waals surface area contributed by atoms with Gasteiger partial charge in [-0.3, -0.25) is 14.2 Å². The largest absolute Gasteiger partial charge is 0.496 e. The van der Waals surface area contributed by atoms with Gasteiger partial charge in [-0.25, -0.2) is 4.98 Å². The van der Waals surface area contributed by atoms with E-state index in [4.69, 9.17) is 9.72 Å². The molecule has 0 saturated heterocycles. The van der Waals surface area contributed by atoms with E-state index in [-0.39, 0.29) is 17.2 Å². The zero-order valence-corrected chi connectivity index (χ0v) is 19.7. The van der Waals surface area contributed by atoms with Gasteiger partial charge in [-0.05, 0) is 11.6 Å². The maximum Gasteiger partial charge on any atom is 0.263 e. The Morgan fingerprint density at radius 3 is 2.73 bits per heavy atom. The molecule has 2 aromatic carbocycles. The zero-order chi connectivity index (χ0) is 23.2. The van der Waals surface area contributed by atoms with Crippen molar-refractivity contribution < 1.29 is 9.53 Å². The van der Waals surface area contributed by atoms with Crippen LogP contribution in [0.25, 0.3) is 21.3 Å². The number of benzene rings is 2. The van der Waals surface area contributed by atoms with Crippen molar-refractivity contribution in [2.45, 2.75) is 18.2 Å². The standard InChI is InChI=1S/C25H23N3O3S2/c1-3-13-28-24(30)22-19(17-9-5-4-6-10-17)15-32-23(22)27-25(28)33-16-21(29)26-14-18-11-7-8-12-20(18)31-2/h3-12,15H,1,13-14,16H2,2H3,(H,26,29). The van der Waals surface area contributed by atoms with Crippen LogP contribution in [0.2, 0.25) is 0 Å². The average Bonchev–Trinajstić information content (AvgIpc) is 3.28. The first-order valence-corrected chi connectivity index (χ1v) is 12.2. The Morgan fingerprint density at radius 2 is 1.97 bits per heavy atom. The van der Waals surface area contributed by atoms with Crippen LogP contribution in [0.4, 0.5) is 0 Å². The first-order chi connectivity index (χ1) is 16.1. The van der Waals surface area contributed by atoms with Gasteiger partial charge in [-0.2, -0.15) is 0 Å². The number of nitrogens with zero attached hydrogens (tertiary/aromatic N) is 2. The number of rotatable bonds is 9. The van der Waals surface area contributed by atoms with Crippen molar-refractivity contribution in [1.29, 1.82) is 0 Å². The number of fused-ring (bicyclic) bond motifs is 1. The van der Waals surface area contributed by atoms with Gasteiger partial charge in [-0.1, -0.05) is 66.4 Å². The Bertz CT molecular complexity index is 1350. The molecule has 0 aliphatic heterocycles. The monoisotopic (exact) mass is 477 g/mol. The number of nitrogens with one attached hydrogen (secondary N) is 1. The van der Waals surface area contributed by atoms with Crippen molar-refractivity contribution in [3.63, 3.8) is 0 Å². The fourth-order valence-corrected chi connectivity index (χ4v) is 5.29. The van der Waals surface area contributed by atoms with Crippen LogP contribution in [0.3, 0.4) is 0 Å². The third-order valence-corrected chi connectivity index (χ3v) is 6.90. The number of para-hydroxylation sites is 1. The molecule has 2 heterocycles. The van der Waals surface area contributed by atoms with Crippen LogP contribution in [0.15, 0.2) is 82.6 Å². The molecule has 4 aromatic rings. The third kappa shape index (κ3) is 5.02. The van der Waals surface area contributed by atoms with E-state index in [2.05, 4.69) is 11.9 Å². The lowest BCUT2D eigenvalue weighted by molar-refractivity contribution is -0.118. The summed E-state index contributed by atoms with van der Waals surface area (Å²) >= 11 is 2.67. The van der Waals surface area contributed by atoms with E-state index in [1.54, 1.807) is 17.8 Å². The molecule has 0 aliphatic rings. The van der Waals surface area contributed by atoms with Crippen LogP contribution in [0.5, 0.6) is 5.75 Å². The smallest absolute Gasteiger partial charge is 0.263 e. The fraction of sp³-hybridized carbons (Fsp3) is 0.160. The number of thiophene rings is 1. The zero-order valence-electron chi connectivity index (χ0n) is 18.1.